The largest absolute Gasteiger partial charge is 0.383 e. The van der Waals surface area contributed by atoms with E-state index in [1.807, 2.05) is 11.6 Å². The van der Waals surface area contributed by atoms with E-state index >= 15 is 0 Å². The zero-order valence-corrected chi connectivity index (χ0v) is 15.4. The average Bonchev–Trinajstić information content (AvgIpc) is 3.17. The Morgan fingerprint density at radius 2 is 2.25 bits per heavy atom. The topological polar surface area (TPSA) is 72.7 Å². The molecule has 1 unspecified atom stereocenters. The van der Waals surface area contributed by atoms with Gasteiger partial charge < -0.3 is 20.1 Å². The second-order valence-electron chi connectivity index (χ2n) is 6.08. The maximum Gasteiger partial charge on any atom is 0.191 e. The number of aryl methyl sites for hydroxylation is 1. The van der Waals surface area contributed by atoms with Crippen molar-refractivity contribution in [2.75, 3.05) is 33.4 Å². The van der Waals surface area contributed by atoms with Crippen LogP contribution >= 0.6 is 0 Å². The van der Waals surface area contributed by atoms with E-state index in [-0.39, 0.29) is 0 Å². The molecule has 1 fully saturated rings. The summed E-state index contributed by atoms with van der Waals surface area (Å²) in [5.41, 5.74) is 3.37. The lowest BCUT2D eigenvalue weighted by Gasteiger charge is -2.14. The first-order valence-corrected chi connectivity index (χ1v) is 8.81. The summed E-state index contributed by atoms with van der Waals surface area (Å²) < 4.78 is 12.8. The molecule has 0 radical (unpaired) electrons. The van der Waals surface area contributed by atoms with Crippen LogP contribution in [0.3, 0.4) is 0 Å². The summed E-state index contributed by atoms with van der Waals surface area (Å²) in [6.07, 6.45) is 2.57. The van der Waals surface area contributed by atoms with Crippen LogP contribution in [0.4, 0.5) is 0 Å². The molecule has 0 spiro atoms. The van der Waals surface area contributed by atoms with Gasteiger partial charge in [-0.2, -0.15) is 5.10 Å². The second kappa shape index (κ2) is 9.64. The van der Waals surface area contributed by atoms with E-state index in [4.69, 9.17) is 14.5 Å². The zero-order valence-electron chi connectivity index (χ0n) is 15.4. The number of aromatic nitrogens is 2. The van der Waals surface area contributed by atoms with Crippen molar-refractivity contribution >= 4 is 5.96 Å². The highest BCUT2D eigenvalue weighted by Crippen LogP contribution is 2.14. The van der Waals surface area contributed by atoms with Crippen molar-refractivity contribution in [3.05, 3.63) is 17.0 Å². The number of ether oxygens (including phenoxy) is 2. The van der Waals surface area contributed by atoms with Gasteiger partial charge in [0.1, 0.15) is 0 Å². The van der Waals surface area contributed by atoms with E-state index in [2.05, 4.69) is 29.6 Å². The van der Waals surface area contributed by atoms with Gasteiger partial charge in [0.15, 0.2) is 5.96 Å². The van der Waals surface area contributed by atoms with Crippen LogP contribution in [0.5, 0.6) is 0 Å². The van der Waals surface area contributed by atoms with Gasteiger partial charge in [0.25, 0.3) is 0 Å². The Bertz CT molecular complexity index is 535. The van der Waals surface area contributed by atoms with Crippen LogP contribution in [0.25, 0.3) is 0 Å². The Morgan fingerprint density at radius 1 is 1.42 bits per heavy atom. The quantitative estimate of drug-likeness (QED) is 0.554. The molecule has 2 N–H and O–H groups in total. The third-order valence-electron chi connectivity index (χ3n) is 4.30. The van der Waals surface area contributed by atoms with E-state index in [0.717, 1.165) is 56.4 Å². The molecule has 1 aliphatic rings. The average molecular weight is 337 g/mol. The third kappa shape index (κ3) is 5.21. The molecule has 1 atom stereocenters. The molecule has 7 heteroatoms. The van der Waals surface area contributed by atoms with Crippen molar-refractivity contribution in [2.24, 2.45) is 4.99 Å². The monoisotopic (exact) mass is 337 g/mol. The summed E-state index contributed by atoms with van der Waals surface area (Å²) in [6, 6.07) is 0. The Kier molecular flexibility index (Phi) is 7.52. The number of methoxy groups -OCH3 is 1. The van der Waals surface area contributed by atoms with Crippen molar-refractivity contribution in [1.82, 2.24) is 20.4 Å². The first-order valence-electron chi connectivity index (χ1n) is 8.81. The van der Waals surface area contributed by atoms with Gasteiger partial charge in [-0.3, -0.25) is 4.68 Å². The second-order valence-corrected chi connectivity index (χ2v) is 6.08. The molecule has 0 saturated carbocycles. The third-order valence-corrected chi connectivity index (χ3v) is 4.30. The van der Waals surface area contributed by atoms with Gasteiger partial charge in [-0.05, 0) is 33.6 Å². The minimum absolute atomic E-state index is 0.300. The van der Waals surface area contributed by atoms with Crippen molar-refractivity contribution in [2.45, 2.75) is 52.8 Å². The van der Waals surface area contributed by atoms with Crippen molar-refractivity contribution in [3.8, 4) is 0 Å². The SMILES string of the molecule is CCNC(=NCc1c(C)nn(CCOC)c1C)NCC1CCCO1. The lowest BCUT2D eigenvalue weighted by molar-refractivity contribution is 0.114. The Hall–Kier alpha value is -1.60. The Morgan fingerprint density at radius 3 is 2.92 bits per heavy atom. The van der Waals surface area contributed by atoms with E-state index in [9.17, 15) is 0 Å². The predicted molar refractivity (Wildman–Crippen MR) is 95.4 cm³/mol. The molecular formula is C17H31N5O2. The molecule has 0 bridgehead atoms. The standard InChI is InChI=1S/C17H31N5O2/c1-5-18-17(19-11-15-7-6-9-24-15)20-12-16-13(2)21-22(14(16)3)8-10-23-4/h15H,5-12H2,1-4H3,(H2,18,19,20). The summed E-state index contributed by atoms with van der Waals surface area (Å²) >= 11 is 0. The summed E-state index contributed by atoms with van der Waals surface area (Å²) in [6.45, 7) is 10.8. The Labute approximate surface area is 144 Å². The lowest BCUT2D eigenvalue weighted by Crippen LogP contribution is -2.41. The van der Waals surface area contributed by atoms with Crippen LogP contribution in [-0.4, -0.2) is 55.3 Å². The number of nitrogens with zero attached hydrogens (tertiary/aromatic N) is 3. The number of rotatable bonds is 8. The molecule has 1 aliphatic heterocycles. The number of hydrogen-bond donors (Lipinski definition) is 2. The number of hydrogen-bond acceptors (Lipinski definition) is 4. The van der Waals surface area contributed by atoms with Gasteiger partial charge in [-0.25, -0.2) is 4.99 Å². The summed E-state index contributed by atoms with van der Waals surface area (Å²) in [5, 5.41) is 11.3. The smallest absolute Gasteiger partial charge is 0.191 e. The maximum atomic E-state index is 5.65. The highest BCUT2D eigenvalue weighted by Gasteiger charge is 2.16. The van der Waals surface area contributed by atoms with E-state index in [1.165, 1.54) is 5.56 Å². The van der Waals surface area contributed by atoms with Crippen LogP contribution in [0.1, 0.15) is 36.7 Å². The fourth-order valence-electron chi connectivity index (χ4n) is 2.87. The first kappa shape index (κ1) is 18.7. The highest BCUT2D eigenvalue weighted by atomic mass is 16.5. The van der Waals surface area contributed by atoms with Gasteiger partial charge in [0, 0.05) is 38.1 Å². The van der Waals surface area contributed by atoms with Gasteiger partial charge in [-0.15, -0.1) is 0 Å². The first-order chi connectivity index (χ1) is 11.7. The molecule has 1 aromatic rings. The fourth-order valence-corrected chi connectivity index (χ4v) is 2.87. The van der Waals surface area contributed by atoms with Crippen LogP contribution in [0, 0.1) is 13.8 Å². The molecule has 2 heterocycles. The zero-order chi connectivity index (χ0) is 17.4. The van der Waals surface area contributed by atoms with Crippen molar-refractivity contribution in [3.63, 3.8) is 0 Å². The number of nitrogens with one attached hydrogen (secondary N) is 2. The lowest BCUT2D eigenvalue weighted by atomic mass is 10.2. The van der Waals surface area contributed by atoms with Crippen molar-refractivity contribution in [1.29, 1.82) is 0 Å². The minimum Gasteiger partial charge on any atom is -0.383 e. The summed E-state index contributed by atoms with van der Waals surface area (Å²) in [4.78, 5) is 4.71. The van der Waals surface area contributed by atoms with Gasteiger partial charge in [-0.1, -0.05) is 0 Å². The molecule has 2 rings (SSSR count). The molecule has 24 heavy (non-hydrogen) atoms. The van der Waals surface area contributed by atoms with E-state index < -0.39 is 0 Å². The van der Waals surface area contributed by atoms with Crippen LogP contribution in [0.15, 0.2) is 4.99 Å². The van der Waals surface area contributed by atoms with Gasteiger partial charge in [0.2, 0.25) is 0 Å². The predicted octanol–water partition coefficient (Wildman–Crippen LogP) is 1.38. The van der Waals surface area contributed by atoms with E-state index in [1.54, 1.807) is 7.11 Å². The summed E-state index contributed by atoms with van der Waals surface area (Å²) in [7, 11) is 1.71. The van der Waals surface area contributed by atoms with Crippen molar-refractivity contribution < 1.29 is 9.47 Å². The summed E-state index contributed by atoms with van der Waals surface area (Å²) in [5.74, 6) is 0.830. The highest BCUT2D eigenvalue weighted by molar-refractivity contribution is 5.79. The van der Waals surface area contributed by atoms with Gasteiger partial charge in [0.05, 0.1) is 31.5 Å². The molecule has 136 valence electrons. The molecule has 7 nitrogen and oxygen atoms in total. The minimum atomic E-state index is 0.300. The van der Waals surface area contributed by atoms with Gasteiger partial charge >= 0.3 is 0 Å². The molecule has 0 aromatic carbocycles. The maximum absolute atomic E-state index is 5.65. The van der Waals surface area contributed by atoms with Crippen LogP contribution < -0.4 is 10.6 Å². The fraction of sp³-hybridized carbons (Fsp3) is 0.765. The number of guanidine groups is 1. The van der Waals surface area contributed by atoms with Crippen LogP contribution in [0.2, 0.25) is 0 Å². The molecule has 0 aliphatic carbocycles. The molecular weight excluding hydrogens is 306 g/mol. The normalized spacial score (nSPS) is 18.2. The molecule has 1 aromatic heterocycles. The molecule has 1 saturated heterocycles. The van der Waals surface area contributed by atoms with Crippen LogP contribution in [-0.2, 0) is 22.6 Å². The van der Waals surface area contributed by atoms with E-state index in [0.29, 0.717) is 19.3 Å². The molecule has 0 amide bonds. The Balaban J connectivity index is 1.97. The number of aliphatic imine (C=N–C) groups is 1.